The van der Waals surface area contributed by atoms with Gasteiger partial charge in [0.1, 0.15) is 16.5 Å². The molecule has 9 heteroatoms. The lowest BCUT2D eigenvalue weighted by atomic mass is 10.3. The molecule has 0 N–H and O–H groups in total. The summed E-state index contributed by atoms with van der Waals surface area (Å²) in [5, 5.41) is 0. The zero-order chi connectivity index (χ0) is 19.7. The smallest absolute Gasteiger partial charge is 0.247 e. The van der Waals surface area contributed by atoms with Crippen molar-refractivity contribution in [3.8, 4) is 5.75 Å². The molecule has 0 radical (unpaired) electrons. The van der Waals surface area contributed by atoms with E-state index in [9.17, 15) is 21.2 Å². The van der Waals surface area contributed by atoms with E-state index in [2.05, 4.69) is 0 Å². The summed E-state index contributed by atoms with van der Waals surface area (Å²) in [6.45, 7) is 0.178. The van der Waals surface area contributed by atoms with E-state index in [1.165, 1.54) is 25.3 Å². The third-order valence-corrected chi connectivity index (χ3v) is 8.34. The first-order valence-electron chi connectivity index (χ1n) is 8.39. The Kier molecular flexibility index (Phi) is 5.55. The van der Waals surface area contributed by atoms with Crippen molar-refractivity contribution in [1.29, 1.82) is 0 Å². The summed E-state index contributed by atoms with van der Waals surface area (Å²) in [6, 6.07) is 10.5. The van der Waals surface area contributed by atoms with Crippen molar-refractivity contribution in [2.75, 3.05) is 19.4 Å². The van der Waals surface area contributed by atoms with Crippen molar-refractivity contribution in [3.63, 3.8) is 0 Å². The molecule has 1 saturated heterocycles. The van der Waals surface area contributed by atoms with Crippen molar-refractivity contribution in [3.05, 3.63) is 54.3 Å². The molecule has 2 aromatic rings. The Morgan fingerprint density at radius 1 is 1.11 bits per heavy atom. The van der Waals surface area contributed by atoms with Gasteiger partial charge in [-0.1, -0.05) is 18.2 Å². The fourth-order valence-electron chi connectivity index (χ4n) is 3.25. The first-order valence-corrected chi connectivity index (χ1v) is 11.5. The highest BCUT2D eigenvalue weighted by Crippen LogP contribution is 2.33. The lowest BCUT2D eigenvalue weighted by molar-refractivity contribution is 0.385. The number of hydrogen-bond donors (Lipinski definition) is 0. The average Bonchev–Trinajstić information content (AvgIpc) is 3.10. The molecule has 0 aromatic heterocycles. The van der Waals surface area contributed by atoms with Crippen molar-refractivity contribution < 1.29 is 26.0 Å². The van der Waals surface area contributed by atoms with Gasteiger partial charge in [0.05, 0.1) is 17.8 Å². The molecule has 0 aliphatic carbocycles. The molecule has 0 spiro atoms. The SMILES string of the molecule is COc1ccc(F)cc1S(=O)(=O)N1CCCC1CS(=O)(=O)c1ccccc1. The third kappa shape index (κ3) is 3.99. The second-order valence-corrected chi connectivity index (χ2v) is 10.2. The van der Waals surface area contributed by atoms with Crippen LogP contribution in [0.3, 0.4) is 0 Å². The Labute approximate surface area is 158 Å². The van der Waals surface area contributed by atoms with Crippen LogP contribution in [0.5, 0.6) is 5.75 Å². The molecule has 1 fully saturated rings. The van der Waals surface area contributed by atoms with E-state index >= 15 is 0 Å². The van der Waals surface area contributed by atoms with E-state index in [-0.39, 0.29) is 27.8 Å². The average molecular weight is 413 g/mol. The van der Waals surface area contributed by atoms with Gasteiger partial charge in [0, 0.05) is 12.6 Å². The van der Waals surface area contributed by atoms with Crippen molar-refractivity contribution in [2.24, 2.45) is 0 Å². The van der Waals surface area contributed by atoms with Gasteiger partial charge >= 0.3 is 0 Å². The van der Waals surface area contributed by atoms with Gasteiger partial charge in [0.25, 0.3) is 0 Å². The Morgan fingerprint density at radius 3 is 2.48 bits per heavy atom. The monoisotopic (exact) mass is 413 g/mol. The molecule has 27 heavy (non-hydrogen) atoms. The van der Waals surface area contributed by atoms with Gasteiger partial charge < -0.3 is 4.74 Å². The Morgan fingerprint density at radius 2 is 1.81 bits per heavy atom. The molecular formula is C18H20FNO5S2. The van der Waals surface area contributed by atoms with Crippen molar-refractivity contribution in [1.82, 2.24) is 4.31 Å². The number of benzene rings is 2. The highest BCUT2D eigenvalue weighted by atomic mass is 32.2. The molecule has 3 rings (SSSR count). The molecule has 6 nitrogen and oxygen atoms in total. The number of ether oxygens (including phenoxy) is 1. The molecule has 1 aliphatic heterocycles. The summed E-state index contributed by atoms with van der Waals surface area (Å²) in [6.07, 6.45) is 0.953. The molecule has 1 heterocycles. The fourth-order valence-corrected chi connectivity index (χ4v) is 6.82. The fraction of sp³-hybridized carbons (Fsp3) is 0.333. The number of halogens is 1. The number of nitrogens with zero attached hydrogens (tertiary/aromatic N) is 1. The number of methoxy groups -OCH3 is 1. The maximum absolute atomic E-state index is 13.7. The van der Waals surface area contributed by atoms with E-state index in [0.717, 1.165) is 16.4 Å². The van der Waals surface area contributed by atoms with Crippen LogP contribution < -0.4 is 4.74 Å². The predicted octanol–water partition coefficient (Wildman–Crippen LogP) is 2.46. The van der Waals surface area contributed by atoms with Gasteiger partial charge in [-0.3, -0.25) is 0 Å². The topological polar surface area (TPSA) is 80.8 Å². The summed E-state index contributed by atoms with van der Waals surface area (Å²) in [4.78, 5) is -0.147. The number of hydrogen-bond acceptors (Lipinski definition) is 5. The molecule has 1 aliphatic rings. The zero-order valence-electron chi connectivity index (χ0n) is 14.7. The molecular weight excluding hydrogens is 393 g/mol. The van der Waals surface area contributed by atoms with Gasteiger partial charge in [0.2, 0.25) is 10.0 Å². The quantitative estimate of drug-likeness (QED) is 0.727. The van der Waals surface area contributed by atoms with E-state index in [4.69, 9.17) is 4.74 Å². The van der Waals surface area contributed by atoms with E-state index in [0.29, 0.717) is 12.8 Å². The van der Waals surface area contributed by atoms with Crippen LogP contribution >= 0.6 is 0 Å². The maximum atomic E-state index is 13.7. The summed E-state index contributed by atoms with van der Waals surface area (Å²) >= 11 is 0. The molecule has 2 aromatic carbocycles. The van der Waals surface area contributed by atoms with Crippen molar-refractivity contribution in [2.45, 2.75) is 28.7 Å². The van der Waals surface area contributed by atoms with Gasteiger partial charge in [-0.05, 0) is 43.2 Å². The molecule has 0 saturated carbocycles. The lowest BCUT2D eigenvalue weighted by Gasteiger charge is -2.25. The zero-order valence-corrected chi connectivity index (χ0v) is 16.3. The normalized spacial score (nSPS) is 18.5. The van der Waals surface area contributed by atoms with Gasteiger partial charge in [-0.2, -0.15) is 4.31 Å². The van der Waals surface area contributed by atoms with Crippen LogP contribution in [0.1, 0.15) is 12.8 Å². The summed E-state index contributed by atoms with van der Waals surface area (Å²) < 4.78 is 71.4. The van der Waals surface area contributed by atoms with E-state index in [1.54, 1.807) is 18.2 Å². The number of rotatable bonds is 6. The van der Waals surface area contributed by atoms with Crippen LogP contribution in [-0.2, 0) is 19.9 Å². The summed E-state index contributed by atoms with van der Waals surface area (Å²) in [7, 11) is -6.46. The first kappa shape index (κ1) is 19.8. The minimum Gasteiger partial charge on any atom is -0.495 e. The second-order valence-electron chi connectivity index (χ2n) is 6.30. The standard InChI is InChI=1S/C18H20FNO5S2/c1-25-17-10-9-14(19)12-18(17)27(23,24)20-11-5-6-15(20)13-26(21,22)16-7-3-2-4-8-16/h2-4,7-10,12,15H,5-6,11,13H2,1H3. The molecule has 1 unspecified atom stereocenters. The van der Waals surface area contributed by atoms with Crippen LogP contribution in [0, 0.1) is 5.82 Å². The van der Waals surface area contributed by atoms with E-state index < -0.39 is 31.7 Å². The highest BCUT2D eigenvalue weighted by Gasteiger charge is 2.39. The van der Waals surface area contributed by atoms with Gasteiger partial charge in [-0.15, -0.1) is 0 Å². The van der Waals surface area contributed by atoms with Crippen LogP contribution in [0.4, 0.5) is 4.39 Å². The maximum Gasteiger partial charge on any atom is 0.247 e. The van der Waals surface area contributed by atoms with Crippen LogP contribution in [0.15, 0.2) is 58.3 Å². The minimum absolute atomic E-state index is 0.0213. The number of sulfone groups is 1. The van der Waals surface area contributed by atoms with E-state index in [1.807, 2.05) is 0 Å². The molecule has 1 atom stereocenters. The van der Waals surface area contributed by atoms with Gasteiger partial charge in [0.15, 0.2) is 9.84 Å². The summed E-state index contributed by atoms with van der Waals surface area (Å²) in [5.74, 6) is -1.01. The predicted molar refractivity (Wildman–Crippen MR) is 98.4 cm³/mol. The largest absolute Gasteiger partial charge is 0.495 e. The third-order valence-electron chi connectivity index (χ3n) is 4.55. The first-order chi connectivity index (χ1) is 12.8. The Balaban J connectivity index is 1.94. The van der Waals surface area contributed by atoms with Crippen LogP contribution in [-0.4, -0.2) is 46.6 Å². The van der Waals surface area contributed by atoms with Crippen LogP contribution in [0.25, 0.3) is 0 Å². The Bertz CT molecular complexity index is 1020. The van der Waals surface area contributed by atoms with Crippen molar-refractivity contribution >= 4 is 19.9 Å². The molecule has 0 bridgehead atoms. The number of sulfonamides is 1. The minimum atomic E-state index is -4.10. The van der Waals surface area contributed by atoms with Crippen LogP contribution in [0.2, 0.25) is 0 Å². The molecule has 0 amide bonds. The second kappa shape index (κ2) is 7.57. The lowest BCUT2D eigenvalue weighted by Crippen LogP contribution is -2.39. The highest BCUT2D eigenvalue weighted by molar-refractivity contribution is 7.91. The Hall–Kier alpha value is -1.97. The molecule has 146 valence electrons. The van der Waals surface area contributed by atoms with Gasteiger partial charge in [-0.25, -0.2) is 21.2 Å². The summed E-state index contributed by atoms with van der Waals surface area (Å²) in [5.41, 5.74) is 0.